The zero-order chi connectivity index (χ0) is 35.0. The molecule has 0 radical (unpaired) electrons. The quantitative estimate of drug-likeness (QED) is 0.249. The largest absolute Gasteiger partial charge is 0.505 e. The van der Waals surface area contributed by atoms with Crippen LogP contribution in [0, 0.1) is 0 Å². The van der Waals surface area contributed by atoms with E-state index in [4.69, 9.17) is 10.5 Å². The Morgan fingerprint density at radius 2 is 1.11 bits per heavy atom. The number of amides is 2. The van der Waals surface area contributed by atoms with Crippen LogP contribution in [0.5, 0.6) is 11.5 Å². The highest BCUT2D eigenvalue weighted by Gasteiger charge is 2.27. The van der Waals surface area contributed by atoms with Crippen molar-refractivity contribution in [3.63, 3.8) is 0 Å². The summed E-state index contributed by atoms with van der Waals surface area (Å²) in [5, 5.41) is 22.2. The summed E-state index contributed by atoms with van der Waals surface area (Å²) >= 11 is 0. The van der Waals surface area contributed by atoms with Gasteiger partial charge in [0.05, 0.1) is 43.8 Å². The van der Waals surface area contributed by atoms with Gasteiger partial charge >= 0.3 is 20.4 Å². The van der Waals surface area contributed by atoms with Gasteiger partial charge in [0.2, 0.25) is 5.84 Å². The number of carbonyl (C=O) groups excluding carboxylic acids is 2. The third-order valence-electron chi connectivity index (χ3n) is 5.40. The fourth-order valence-electron chi connectivity index (χ4n) is 3.25. The van der Waals surface area contributed by atoms with Gasteiger partial charge in [-0.1, -0.05) is 12.1 Å². The summed E-state index contributed by atoms with van der Waals surface area (Å²) in [7, 11) is 2.40. The lowest BCUT2D eigenvalue weighted by Crippen LogP contribution is -2.24. The molecule has 0 unspecified atom stereocenters. The number of benzene rings is 2. The molecule has 0 bridgehead atoms. The van der Waals surface area contributed by atoms with E-state index in [1.165, 1.54) is 55.4 Å². The van der Waals surface area contributed by atoms with E-state index >= 15 is 0 Å². The smallest absolute Gasteiger partial charge is 0.370 e. The number of phenols is 2. The predicted octanol–water partition coefficient (Wildman–Crippen LogP) is 0.219. The van der Waals surface area contributed by atoms with Crippen molar-refractivity contribution in [2.45, 2.75) is 0 Å². The second-order valence-corrected chi connectivity index (χ2v) is 11.6. The van der Waals surface area contributed by atoms with E-state index < -0.39 is 26.3 Å². The summed E-state index contributed by atoms with van der Waals surface area (Å²) in [6.07, 6.45) is 0. The molecule has 0 aromatic heterocycles. The van der Waals surface area contributed by atoms with Crippen LogP contribution in [-0.4, -0.2) is 122 Å². The number of methoxy groups -OCH3 is 3. The lowest BCUT2D eigenvalue weighted by Gasteiger charge is -2.14. The van der Waals surface area contributed by atoms with Crippen molar-refractivity contribution >= 4 is 67.1 Å². The van der Waals surface area contributed by atoms with Gasteiger partial charge in [-0.3, -0.25) is 9.59 Å². The minimum Gasteiger partial charge on any atom is -0.505 e. The Labute approximate surface area is 264 Å². The second kappa shape index (κ2) is 15.0. The first-order chi connectivity index (χ1) is 21.4. The zero-order valence-electron chi connectivity index (χ0n) is 25.6. The maximum Gasteiger partial charge on any atom is 0.370 e. The molecule has 0 atom stereocenters. The molecular weight excluding hydrogens is 652 g/mol. The van der Waals surface area contributed by atoms with E-state index in [1.54, 1.807) is 40.3 Å². The maximum atomic E-state index is 11.9. The van der Waals surface area contributed by atoms with Crippen molar-refractivity contribution in [2.24, 2.45) is 17.6 Å². The van der Waals surface area contributed by atoms with Crippen LogP contribution in [0.15, 0.2) is 54.0 Å². The van der Waals surface area contributed by atoms with Crippen molar-refractivity contribution in [1.29, 1.82) is 0 Å². The van der Waals surface area contributed by atoms with E-state index in [0.29, 0.717) is 0 Å². The lowest BCUT2D eigenvalue weighted by atomic mass is 10.1. The minimum absolute atomic E-state index is 0.0624. The first-order valence-electron chi connectivity index (χ1n) is 12.5. The lowest BCUT2D eigenvalue weighted by molar-refractivity contribution is 0.0817. The molecule has 2 aliphatic rings. The van der Waals surface area contributed by atoms with E-state index in [2.05, 4.69) is 32.4 Å². The molecule has 2 amide bonds. The molecule has 2 aromatic carbocycles. The number of amidine groups is 1. The third-order valence-corrected chi connectivity index (χ3v) is 7.00. The standard InChI is InChI=1S/C12H14N4O5S.C9H12N2O2.C4H6N2O4S/c1-16(2)12(18)7-5-4-6-8(9(7)17)13-10-11(21-3)15-22(19,20)14-10;1-11(2)9(13)6-4-3-5-7(10)8(6)12;1-9-3-4(10-2)6-11(7,8)5-3/h4-6,17H,1-3H3,(H,13,14);3-5,12H,10H2,1-2H3;1-2H3. The van der Waals surface area contributed by atoms with Gasteiger partial charge in [-0.05, 0) is 24.3 Å². The van der Waals surface area contributed by atoms with Gasteiger partial charge in [0, 0.05) is 28.2 Å². The Hall–Kier alpha value is -5.44. The summed E-state index contributed by atoms with van der Waals surface area (Å²) < 4.78 is 70.8. The first-order valence-corrected chi connectivity index (χ1v) is 15.3. The van der Waals surface area contributed by atoms with E-state index in [9.17, 15) is 36.6 Å². The molecule has 0 saturated carbocycles. The molecular formula is C25H32N8O11S2. The Balaban J connectivity index is 0.000000261. The van der Waals surface area contributed by atoms with Gasteiger partial charge in [-0.25, -0.2) is 0 Å². The van der Waals surface area contributed by atoms with Crippen LogP contribution in [0.1, 0.15) is 20.7 Å². The summed E-state index contributed by atoms with van der Waals surface area (Å²) in [6, 6.07) is 9.15. The van der Waals surface area contributed by atoms with Crippen molar-refractivity contribution in [1.82, 2.24) is 9.80 Å². The fourth-order valence-corrected chi connectivity index (χ4v) is 4.78. The number of rotatable bonds is 3. The molecule has 4 rings (SSSR count). The molecule has 0 spiro atoms. The topological polar surface area (TPSA) is 265 Å². The zero-order valence-corrected chi connectivity index (χ0v) is 27.2. The van der Waals surface area contributed by atoms with Gasteiger partial charge in [-0.15, -0.1) is 17.6 Å². The van der Waals surface area contributed by atoms with Crippen molar-refractivity contribution < 1.29 is 50.8 Å². The number of nitrogens with one attached hydrogen (secondary N) is 1. The Morgan fingerprint density at radius 3 is 1.57 bits per heavy atom. The van der Waals surface area contributed by atoms with E-state index in [1.807, 2.05) is 0 Å². The van der Waals surface area contributed by atoms with Gasteiger partial charge in [0.1, 0.15) is 0 Å². The number of ether oxygens (including phenoxy) is 3. The maximum absolute atomic E-state index is 11.9. The molecule has 250 valence electrons. The highest BCUT2D eigenvalue weighted by Crippen LogP contribution is 2.29. The molecule has 5 N–H and O–H groups in total. The second-order valence-electron chi connectivity index (χ2n) is 9.11. The fraction of sp³-hybridized carbons (Fsp3) is 0.280. The van der Waals surface area contributed by atoms with Gasteiger partial charge < -0.3 is 45.3 Å². The Morgan fingerprint density at radius 1 is 0.696 bits per heavy atom. The molecule has 46 heavy (non-hydrogen) atoms. The monoisotopic (exact) mass is 684 g/mol. The average Bonchev–Trinajstić information content (AvgIpc) is 3.47. The van der Waals surface area contributed by atoms with Gasteiger partial charge in [0.15, 0.2) is 11.5 Å². The molecule has 0 fully saturated rings. The summed E-state index contributed by atoms with van der Waals surface area (Å²) in [5.74, 6) is -1.78. The molecule has 0 aliphatic carbocycles. The third kappa shape index (κ3) is 9.28. The predicted molar refractivity (Wildman–Crippen MR) is 169 cm³/mol. The van der Waals surface area contributed by atoms with Gasteiger partial charge in [0.25, 0.3) is 29.5 Å². The number of carbonyl (C=O) groups is 2. The SMILES string of the molecule is CN(C)C(=O)c1cccc(N)c1O.COC1=NS(=O)(=O)N=C1Nc1cccc(C(=O)N(C)C)c1O.COC1=NS(=O)(=O)N=C1OC. The number of nitrogens with zero attached hydrogens (tertiary/aromatic N) is 6. The van der Waals surface area contributed by atoms with Crippen LogP contribution in [0.4, 0.5) is 11.4 Å². The highest BCUT2D eigenvalue weighted by molar-refractivity contribution is 7.90. The summed E-state index contributed by atoms with van der Waals surface area (Å²) in [5.41, 5.74) is 6.05. The minimum atomic E-state index is -4.00. The van der Waals surface area contributed by atoms with Crippen LogP contribution in [0.3, 0.4) is 0 Å². The van der Waals surface area contributed by atoms with E-state index in [0.717, 1.165) is 0 Å². The number of aromatic hydroxyl groups is 2. The normalized spacial score (nSPS) is 15.2. The number of anilines is 2. The highest BCUT2D eigenvalue weighted by atomic mass is 32.2. The van der Waals surface area contributed by atoms with Crippen LogP contribution in [-0.2, 0) is 34.6 Å². The van der Waals surface area contributed by atoms with Crippen LogP contribution in [0.2, 0.25) is 0 Å². The summed E-state index contributed by atoms with van der Waals surface area (Å²) in [6.45, 7) is 0. The van der Waals surface area contributed by atoms with Crippen molar-refractivity contribution in [2.75, 3.05) is 60.6 Å². The molecule has 0 saturated heterocycles. The molecule has 2 aromatic rings. The van der Waals surface area contributed by atoms with E-state index in [-0.39, 0.29) is 63.4 Å². The van der Waals surface area contributed by atoms with Gasteiger partial charge in [-0.2, -0.15) is 16.8 Å². The number of nitrogen functional groups attached to an aromatic ring is 1. The molecule has 2 heterocycles. The van der Waals surface area contributed by atoms with Crippen LogP contribution in [0.25, 0.3) is 0 Å². The number of phenolic OH excluding ortho intramolecular Hbond substituents is 2. The average molecular weight is 685 g/mol. The molecule has 19 nitrogen and oxygen atoms in total. The van der Waals surface area contributed by atoms with Crippen LogP contribution >= 0.6 is 0 Å². The number of nitrogens with two attached hydrogens (primary N) is 1. The van der Waals surface area contributed by atoms with Crippen molar-refractivity contribution in [3.8, 4) is 11.5 Å². The summed E-state index contributed by atoms with van der Waals surface area (Å²) in [4.78, 5) is 26.1. The Kier molecular flexibility index (Phi) is 12.0. The molecule has 21 heteroatoms. The number of para-hydroxylation sites is 2. The first kappa shape index (κ1) is 36.8. The van der Waals surface area contributed by atoms with Crippen molar-refractivity contribution in [3.05, 3.63) is 47.5 Å². The number of hydrogen-bond donors (Lipinski definition) is 4. The van der Waals surface area contributed by atoms with Crippen LogP contribution < -0.4 is 11.1 Å². The Bertz CT molecular complexity index is 1810. The molecule has 2 aliphatic heterocycles. The number of hydrogen-bond acceptors (Lipinski definition) is 13.